The summed E-state index contributed by atoms with van der Waals surface area (Å²) in [5, 5.41) is 9.84. The van der Waals surface area contributed by atoms with Gasteiger partial charge in [-0.3, -0.25) is 4.98 Å². The van der Waals surface area contributed by atoms with Gasteiger partial charge in [0.1, 0.15) is 0 Å². The number of hydrogen-bond acceptors (Lipinski definition) is 2. The van der Waals surface area contributed by atoms with Crippen LogP contribution in [0.3, 0.4) is 0 Å². The smallest absolute Gasteiger partial charge is 0.0649 e. The molecule has 0 bridgehead atoms. The van der Waals surface area contributed by atoms with Crippen molar-refractivity contribution < 1.29 is 5.11 Å². The zero-order chi connectivity index (χ0) is 9.80. The Hall–Kier alpha value is -0.890. The number of hydrogen-bond donors (Lipinski definition) is 1. The highest BCUT2D eigenvalue weighted by Crippen LogP contribution is 2.27. The normalized spacial score (nSPS) is 19.8. The zero-order valence-corrected chi connectivity index (χ0v) is 7.80. The highest BCUT2D eigenvalue weighted by atomic mass is 16.3. The third-order valence-corrected chi connectivity index (χ3v) is 2.25. The van der Waals surface area contributed by atoms with Crippen molar-refractivity contribution in [3.05, 3.63) is 61.7 Å². The fraction of sp³-hybridized carbons (Fsp3) is 0.167. The summed E-state index contributed by atoms with van der Waals surface area (Å²) in [5.41, 5.74) is 1.11. The quantitative estimate of drug-likeness (QED) is 0.773. The average molecular weight is 186 g/mol. The molecule has 0 saturated heterocycles. The number of pyridine rings is 1. The topological polar surface area (TPSA) is 33.1 Å². The van der Waals surface area contributed by atoms with Gasteiger partial charge in [-0.25, -0.2) is 0 Å². The maximum atomic E-state index is 9.84. The van der Waals surface area contributed by atoms with Gasteiger partial charge in [0.05, 0.1) is 6.10 Å². The van der Waals surface area contributed by atoms with Gasteiger partial charge in [0.25, 0.3) is 0 Å². The number of rotatable bonds is 3. The molecular formula is C12H12NO. The molecule has 1 fully saturated rings. The first-order valence-electron chi connectivity index (χ1n) is 4.65. The van der Waals surface area contributed by atoms with E-state index < -0.39 is 6.10 Å². The summed E-state index contributed by atoms with van der Waals surface area (Å²) in [5.74, 6) is 0.974. The fourth-order valence-corrected chi connectivity index (χ4v) is 1.47. The molecule has 0 amide bonds. The fourth-order valence-electron chi connectivity index (χ4n) is 1.47. The molecule has 1 N–H and O–H groups in total. The van der Waals surface area contributed by atoms with Gasteiger partial charge in [-0.15, -0.1) is 0 Å². The van der Waals surface area contributed by atoms with Crippen LogP contribution in [0.5, 0.6) is 0 Å². The Morgan fingerprint density at radius 2 is 1.79 bits per heavy atom. The van der Waals surface area contributed by atoms with Crippen molar-refractivity contribution in [2.24, 2.45) is 0 Å². The van der Waals surface area contributed by atoms with Crippen molar-refractivity contribution in [2.45, 2.75) is 12.5 Å². The van der Waals surface area contributed by atoms with E-state index in [0.29, 0.717) is 6.42 Å². The Morgan fingerprint density at radius 3 is 2.43 bits per heavy atom. The standard InChI is InChI=1S/C12H12NO/c14-12(11-3-1-2-4-11)9-10-5-7-13-8-6-10/h1-8,12,14H,9H2. The van der Waals surface area contributed by atoms with Crippen molar-refractivity contribution in [3.63, 3.8) is 0 Å². The van der Waals surface area contributed by atoms with Gasteiger partial charge in [0.2, 0.25) is 0 Å². The van der Waals surface area contributed by atoms with E-state index in [4.69, 9.17) is 0 Å². The van der Waals surface area contributed by atoms with Crippen molar-refractivity contribution in [1.29, 1.82) is 0 Å². The van der Waals surface area contributed by atoms with Crippen LogP contribution in [-0.4, -0.2) is 16.2 Å². The molecule has 0 spiro atoms. The lowest BCUT2D eigenvalue weighted by Crippen LogP contribution is -2.19. The minimum atomic E-state index is -0.410. The molecule has 5 radical (unpaired) electrons. The second kappa shape index (κ2) is 4.56. The molecule has 2 rings (SSSR count). The Morgan fingerprint density at radius 1 is 1.14 bits per heavy atom. The lowest BCUT2D eigenvalue weighted by atomic mass is 9.95. The van der Waals surface area contributed by atoms with Gasteiger partial charge in [-0.05, 0) is 49.8 Å². The third-order valence-electron chi connectivity index (χ3n) is 2.25. The number of aliphatic hydroxyl groups excluding tert-OH is 1. The minimum absolute atomic E-state index is 0.410. The van der Waals surface area contributed by atoms with E-state index >= 15 is 0 Å². The van der Waals surface area contributed by atoms with Crippen LogP contribution in [0.2, 0.25) is 0 Å². The summed E-state index contributed by atoms with van der Waals surface area (Å²) in [6.07, 6.45) is 11.5. The maximum absolute atomic E-state index is 9.84. The van der Waals surface area contributed by atoms with Gasteiger partial charge in [-0.2, -0.15) is 0 Å². The molecule has 71 valence electrons. The lowest BCUT2D eigenvalue weighted by molar-refractivity contribution is 0.196. The van der Waals surface area contributed by atoms with Crippen LogP contribution < -0.4 is 0 Å². The van der Waals surface area contributed by atoms with Gasteiger partial charge in [0.15, 0.2) is 0 Å². The zero-order valence-electron chi connectivity index (χ0n) is 7.80. The molecule has 1 unspecified atom stereocenters. The van der Waals surface area contributed by atoms with Crippen LogP contribution >= 0.6 is 0 Å². The van der Waals surface area contributed by atoms with Crippen molar-refractivity contribution in [3.8, 4) is 0 Å². The molecule has 1 aromatic rings. The monoisotopic (exact) mass is 186 g/mol. The first-order valence-corrected chi connectivity index (χ1v) is 4.65. The number of aromatic nitrogens is 1. The third kappa shape index (κ3) is 2.32. The van der Waals surface area contributed by atoms with Crippen LogP contribution in [0.1, 0.15) is 5.56 Å². The van der Waals surface area contributed by atoms with Crippen molar-refractivity contribution in [1.82, 2.24) is 4.98 Å². The first kappa shape index (κ1) is 9.66. The Balaban J connectivity index is 1.90. The maximum Gasteiger partial charge on any atom is 0.0649 e. The molecule has 1 atom stereocenters. The van der Waals surface area contributed by atoms with Crippen molar-refractivity contribution in [2.75, 3.05) is 0 Å². The SMILES string of the molecule is OC(Cc1ccncc1)[C]1[CH][CH][CH][CH]1. The Kier molecular flexibility index (Phi) is 3.14. The lowest BCUT2D eigenvalue weighted by Gasteiger charge is -2.16. The summed E-state index contributed by atoms with van der Waals surface area (Å²) in [6, 6.07) is 3.85. The van der Waals surface area contributed by atoms with Crippen LogP contribution in [0, 0.1) is 31.6 Å². The van der Waals surface area contributed by atoms with Crippen LogP contribution in [0.15, 0.2) is 24.5 Å². The minimum Gasteiger partial charge on any atom is -0.392 e. The highest BCUT2D eigenvalue weighted by molar-refractivity contribution is 5.38. The molecule has 2 heteroatoms. The second-order valence-electron chi connectivity index (χ2n) is 3.29. The largest absolute Gasteiger partial charge is 0.392 e. The number of nitrogens with zero attached hydrogens (tertiary/aromatic N) is 1. The molecule has 0 aromatic carbocycles. The second-order valence-corrected chi connectivity index (χ2v) is 3.29. The van der Waals surface area contributed by atoms with Gasteiger partial charge in [0, 0.05) is 18.3 Å². The van der Waals surface area contributed by atoms with Gasteiger partial charge >= 0.3 is 0 Å². The van der Waals surface area contributed by atoms with Gasteiger partial charge in [-0.1, -0.05) is 0 Å². The van der Waals surface area contributed by atoms with Gasteiger partial charge < -0.3 is 5.11 Å². The van der Waals surface area contributed by atoms with E-state index in [1.54, 1.807) is 12.4 Å². The molecule has 14 heavy (non-hydrogen) atoms. The van der Waals surface area contributed by atoms with E-state index in [9.17, 15) is 5.11 Å². The summed E-state index contributed by atoms with van der Waals surface area (Å²) < 4.78 is 0. The van der Waals surface area contributed by atoms with E-state index in [0.717, 1.165) is 11.5 Å². The Labute approximate surface area is 85.0 Å². The number of aliphatic hydroxyl groups is 1. The van der Waals surface area contributed by atoms with Crippen LogP contribution in [0.4, 0.5) is 0 Å². The predicted molar refractivity (Wildman–Crippen MR) is 54.4 cm³/mol. The highest BCUT2D eigenvalue weighted by Gasteiger charge is 2.24. The molecule has 1 aromatic heterocycles. The summed E-state index contributed by atoms with van der Waals surface area (Å²) in [6.45, 7) is 0. The predicted octanol–water partition coefficient (Wildman–Crippen LogP) is 1.39. The average Bonchev–Trinajstić information content (AvgIpc) is 2.72. The summed E-state index contributed by atoms with van der Waals surface area (Å²) in [4.78, 5) is 3.93. The molecule has 1 saturated carbocycles. The summed E-state index contributed by atoms with van der Waals surface area (Å²) in [7, 11) is 0. The Bertz CT molecular complexity index is 267. The van der Waals surface area contributed by atoms with Crippen LogP contribution in [0.25, 0.3) is 0 Å². The first-order chi connectivity index (χ1) is 6.86. The van der Waals surface area contributed by atoms with E-state index in [-0.39, 0.29) is 0 Å². The molecule has 1 heterocycles. The molecule has 1 aliphatic carbocycles. The molecule has 0 aliphatic heterocycles. The van der Waals surface area contributed by atoms with E-state index in [2.05, 4.69) is 4.98 Å². The van der Waals surface area contributed by atoms with E-state index in [1.807, 2.05) is 37.8 Å². The molecule has 1 aliphatic rings. The molecule has 2 nitrogen and oxygen atoms in total. The molecular weight excluding hydrogens is 174 g/mol. The van der Waals surface area contributed by atoms with Crippen molar-refractivity contribution >= 4 is 0 Å². The van der Waals surface area contributed by atoms with E-state index in [1.165, 1.54) is 0 Å². The summed E-state index contributed by atoms with van der Waals surface area (Å²) >= 11 is 0. The van der Waals surface area contributed by atoms with Crippen LogP contribution in [-0.2, 0) is 6.42 Å².